The molecule has 0 fully saturated rings. The first-order valence-electron chi connectivity index (χ1n) is 5.52. The molecule has 0 amide bonds. The fourth-order valence-electron chi connectivity index (χ4n) is 1.82. The zero-order chi connectivity index (χ0) is 12.5. The Balaban J connectivity index is 2.35. The Bertz CT molecular complexity index is 549. The van der Waals surface area contributed by atoms with Gasteiger partial charge in [-0.15, -0.1) is 0 Å². The van der Waals surface area contributed by atoms with Gasteiger partial charge in [-0.3, -0.25) is 0 Å². The van der Waals surface area contributed by atoms with Crippen molar-refractivity contribution in [3.8, 4) is 0 Å². The first kappa shape index (κ1) is 12.1. The van der Waals surface area contributed by atoms with Crippen molar-refractivity contribution in [3.05, 3.63) is 35.9 Å². The summed E-state index contributed by atoms with van der Waals surface area (Å²) in [7, 11) is -3.45. The van der Waals surface area contributed by atoms with Crippen LogP contribution in [0.2, 0.25) is 0 Å². The number of nitrogens with zero attached hydrogens (tertiary/aromatic N) is 1. The summed E-state index contributed by atoms with van der Waals surface area (Å²) >= 11 is 0. The largest absolute Gasteiger partial charge is 0.398 e. The topological polar surface area (TPSA) is 63.4 Å². The fourth-order valence-corrected chi connectivity index (χ4v) is 3.32. The van der Waals surface area contributed by atoms with E-state index in [0.29, 0.717) is 18.8 Å². The molecule has 0 aromatic heterocycles. The molecule has 0 saturated carbocycles. The summed E-state index contributed by atoms with van der Waals surface area (Å²) in [4.78, 5) is 0.202. The van der Waals surface area contributed by atoms with Crippen molar-refractivity contribution >= 4 is 15.7 Å². The second-order valence-electron chi connectivity index (χ2n) is 4.20. The van der Waals surface area contributed by atoms with Crippen LogP contribution in [0.4, 0.5) is 5.69 Å². The van der Waals surface area contributed by atoms with E-state index in [1.54, 1.807) is 24.3 Å². The summed E-state index contributed by atoms with van der Waals surface area (Å²) in [5.74, 6) is 0. The second kappa shape index (κ2) is 4.50. The van der Waals surface area contributed by atoms with Crippen LogP contribution < -0.4 is 5.73 Å². The molecule has 5 heteroatoms. The van der Waals surface area contributed by atoms with Crippen LogP contribution in [0.5, 0.6) is 0 Å². The molecular formula is C12H16N2O2S. The zero-order valence-electron chi connectivity index (χ0n) is 9.76. The summed E-state index contributed by atoms with van der Waals surface area (Å²) < 4.78 is 26.1. The van der Waals surface area contributed by atoms with Gasteiger partial charge in [-0.2, -0.15) is 4.31 Å². The lowest BCUT2D eigenvalue weighted by Gasteiger charge is -2.25. The van der Waals surface area contributed by atoms with Crippen LogP contribution in [-0.2, 0) is 10.0 Å². The van der Waals surface area contributed by atoms with Gasteiger partial charge in [0.1, 0.15) is 4.90 Å². The molecule has 0 aliphatic carbocycles. The average Bonchev–Trinajstić information content (AvgIpc) is 2.30. The number of para-hydroxylation sites is 1. The van der Waals surface area contributed by atoms with E-state index in [9.17, 15) is 8.42 Å². The van der Waals surface area contributed by atoms with Crippen molar-refractivity contribution in [2.75, 3.05) is 18.8 Å². The molecule has 1 aromatic carbocycles. The number of nitrogens with two attached hydrogens (primary N) is 1. The minimum Gasteiger partial charge on any atom is -0.398 e. The molecule has 2 N–H and O–H groups in total. The Labute approximate surface area is 102 Å². The number of sulfonamides is 1. The van der Waals surface area contributed by atoms with Gasteiger partial charge in [-0.1, -0.05) is 23.8 Å². The summed E-state index contributed by atoms with van der Waals surface area (Å²) in [5.41, 5.74) is 7.26. The SMILES string of the molecule is CC1=CCN(S(=O)(=O)c2ccccc2N)CC1. The lowest BCUT2D eigenvalue weighted by molar-refractivity contribution is 0.431. The van der Waals surface area contributed by atoms with Crippen LogP contribution >= 0.6 is 0 Å². The Kier molecular flexibility index (Phi) is 3.22. The molecule has 0 bridgehead atoms. The zero-order valence-corrected chi connectivity index (χ0v) is 10.6. The Morgan fingerprint density at radius 1 is 1.29 bits per heavy atom. The molecule has 92 valence electrons. The molecular weight excluding hydrogens is 236 g/mol. The third-order valence-corrected chi connectivity index (χ3v) is 4.87. The average molecular weight is 252 g/mol. The van der Waals surface area contributed by atoms with Gasteiger partial charge in [0.25, 0.3) is 0 Å². The van der Waals surface area contributed by atoms with Gasteiger partial charge in [-0.05, 0) is 25.5 Å². The van der Waals surface area contributed by atoms with Crippen molar-refractivity contribution in [3.63, 3.8) is 0 Å². The minimum absolute atomic E-state index is 0.202. The summed E-state index contributed by atoms with van der Waals surface area (Å²) in [5, 5.41) is 0. The van der Waals surface area contributed by atoms with E-state index in [2.05, 4.69) is 0 Å². The van der Waals surface area contributed by atoms with Gasteiger partial charge in [0.2, 0.25) is 10.0 Å². The number of hydrogen-bond acceptors (Lipinski definition) is 3. The van der Waals surface area contributed by atoms with E-state index in [4.69, 9.17) is 5.73 Å². The smallest absolute Gasteiger partial charge is 0.245 e. The molecule has 0 atom stereocenters. The van der Waals surface area contributed by atoms with Crippen LogP contribution in [-0.4, -0.2) is 25.8 Å². The monoisotopic (exact) mass is 252 g/mol. The van der Waals surface area contributed by atoms with Crippen molar-refractivity contribution in [2.24, 2.45) is 0 Å². The molecule has 17 heavy (non-hydrogen) atoms. The quantitative estimate of drug-likeness (QED) is 0.642. The van der Waals surface area contributed by atoms with Gasteiger partial charge in [0.15, 0.2) is 0 Å². The molecule has 0 radical (unpaired) electrons. The Hall–Kier alpha value is -1.33. The normalized spacial score (nSPS) is 17.8. The van der Waals surface area contributed by atoms with Crippen LogP contribution in [0.1, 0.15) is 13.3 Å². The molecule has 0 saturated heterocycles. The number of nitrogen functional groups attached to an aromatic ring is 1. The van der Waals surface area contributed by atoms with Crippen molar-refractivity contribution in [1.29, 1.82) is 0 Å². The highest BCUT2D eigenvalue weighted by Gasteiger charge is 2.26. The maximum Gasteiger partial charge on any atom is 0.245 e. The maximum absolute atomic E-state index is 12.3. The van der Waals surface area contributed by atoms with E-state index in [1.807, 2.05) is 13.0 Å². The van der Waals surface area contributed by atoms with Gasteiger partial charge >= 0.3 is 0 Å². The second-order valence-corrected chi connectivity index (χ2v) is 6.11. The molecule has 1 heterocycles. The minimum atomic E-state index is -3.45. The highest BCUT2D eigenvalue weighted by molar-refractivity contribution is 7.89. The maximum atomic E-state index is 12.3. The first-order chi connectivity index (χ1) is 8.01. The standard InChI is InChI=1S/C12H16N2O2S/c1-10-6-8-14(9-7-10)17(15,16)12-5-3-2-4-11(12)13/h2-6H,7-9,13H2,1H3. The highest BCUT2D eigenvalue weighted by atomic mass is 32.2. The lowest BCUT2D eigenvalue weighted by atomic mass is 10.1. The van der Waals surface area contributed by atoms with Gasteiger partial charge < -0.3 is 5.73 Å². The molecule has 2 rings (SSSR count). The van der Waals surface area contributed by atoms with E-state index >= 15 is 0 Å². The van der Waals surface area contributed by atoms with E-state index in [-0.39, 0.29) is 4.90 Å². The highest BCUT2D eigenvalue weighted by Crippen LogP contribution is 2.24. The number of rotatable bonds is 2. The summed E-state index contributed by atoms with van der Waals surface area (Å²) in [6, 6.07) is 6.58. The predicted molar refractivity (Wildman–Crippen MR) is 68.0 cm³/mol. The number of anilines is 1. The van der Waals surface area contributed by atoms with E-state index in [1.165, 1.54) is 9.88 Å². The van der Waals surface area contributed by atoms with Gasteiger partial charge in [0.05, 0.1) is 5.69 Å². The van der Waals surface area contributed by atoms with Crippen LogP contribution in [0.3, 0.4) is 0 Å². The van der Waals surface area contributed by atoms with Crippen molar-refractivity contribution in [1.82, 2.24) is 4.31 Å². The molecule has 0 spiro atoms. The number of benzene rings is 1. The molecule has 1 aromatic rings. The van der Waals surface area contributed by atoms with E-state index in [0.717, 1.165) is 6.42 Å². The third kappa shape index (κ3) is 2.35. The van der Waals surface area contributed by atoms with Crippen molar-refractivity contribution < 1.29 is 8.42 Å². The summed E-state index contributed by atoms with van der Waals surface area (Å²) in [6.07, 6.45) is 2.73. The molecule has 1 aliphatic rings. The fraction of sp³-hybridized carbons (Fsp3) is 0.333. The number of hydrogen-bond donors (Lipinski definition) is 1. The lowest BCUT2D eigenvalue weighted by Crippen LogP contribution is -2.35. The van der Waals surface area contributed by atoms with Crippen LogP contribution in [0.15, 0.2) is 40.8 Å². The van der Waals surface area contributed by atoms with Crippen LogP contribution in [0.25, 0.3) is 0 Å². The first-order valence-corrected chi connectivity index (χ1v) is 6.96. The van der Waals surface area contributed by atoms with Crippen LogP contribution in [0, 0.1) is 0 Å². The Morgan fingerprint density at radius 3 is 2.59 bits per heavy atom. The Morgan fingerprint density at radius 2 is 2.00 bits per heavy atom. The molecule has 0 unspecified atom stereocenters. The summed E-state index contributed by atoms with van der Waals surface area (Å²) in [6.45, 7) is 2.97. The predicted octanol–water partition coefficient (Wildman–Crippen LogP) is 1.61. The molecule has 1 aliphatic heterocycles. The molecule has 4 nitrogen and oxygen atoms in total. The third-order valence-electron chi connectivity index (χ3n) is 2.94. The van der Waals surface area contributed by atoms with Gasteiger partial charge in [-0.25, -0.2) is 8.42 Å². The van der Waals surface area contributed by atoms with Crippen molar-refractivity contribution in [2.45, 2.75) is 18.2 Å². The van der Waals surface area contributed by atoms with Gasteiger partial charge in [0, 0.05) is 13.1 Å². The van der Waals surface area contributed by atoms with E-state index < -0.39 is 10.0 Å².